The molecular formula is C10H10BrN3O4S. The summed E-state index contributed by atoms with van der Waals surface area (Å²) in [6.07, 6.45) is 0. The summed E-state index contributed by atoms with van der Waals surface area (Å²) in [4.78, 5) is 3.98. The first-order valence-electron chi connectivity index (χ1n) is 5.10. The van der Waals surface area contributed by atoms with Gasteiger partial charge in [0.1, 0.15) is 5.75 Å². The second-order valence-corrected chi connectivity index (χ2v) is 6.08. The number of sulfonamides is 1. The van der Waals surface area contributed by atoms with Crippen LogP contribution in [0.25, 0.3) is 0 Å². The van der Waals surface area contributed by atoms with Gasteiger partial charge in [-0.3, -0.25) is 0 Å². The molecule has 0 spiro atoms. The molecule has 0 radical (unpaired) electrons. The zero-order valence-corrected chi connectivity index (χ0v) is 12.2. The van der Waals surface area contributed by atoms with Crippen molar-refractivity contribution in [2.75, 3.05) is 0 Å². The summed E-state index contributed by atoms with van der Waals surface area (Å²) in [5.74, 6) is 1.30. The topological polar surface area (TPSA) is 108 Å². The molecule has 2 N–H and O–H groups in total. The number of aryl methyl sites for hydroxylation is 1. The van der Waals surface area contributed by atoms with Gasteiger partial charge in [-0.05, 0) is 41.1 Å². The molecule has 1 aromatic heterocycles. The number of rotatable bonds is 4. The van der Waals surface area contributed by atoms with Gasteiger partial charge in [-0.15, -0.1) is 0 Å². The number of hydrogen-bond donors (Lipinski definition) is 1. The van der Waals surface area contributed by atoms with Gasteiger partial charge < -0.3 is 9.26 Å². The van der Waals surface area contributed by atoms with Crippen LogP contribution < -0.4 is 9.88 Å². The van der Waals surface area contributed by atoms with Gasteiger partial charge in [0.25, 0.3) is 5.89 Å². The van der Waals surface area contributed by atoms with Gasteiger partial charge in [0, 0.05) is 0 Å². The number of aromatic nitrogens is 2. The van der Waals surface area contributed by atoms with E-state index in [0.717, 1.165) is 0 Å². The fourth-order valence-corrected chi connectivity index (χ4v) is 2.50. The lowest BCUT2D eigenvalue weighted by molar-refractivity contribution is 0.241. The molecule has 19 heavy (non-hydrogen) atoms. The van der Waals surface area contributed by atoms with Crippen LogP contribution >= 0.6 is 15.9 Å². The molecule has 2 aromatic rings. The number of nitrogens with zero attached hydrogens (tertiary/aromatic N) is 2. The van der Waals surface area contributed by atoms with Crippen LogP contribution in [0, 0.1) is 6.92 Å². The van der Waals surface area contributed by atoms with Crippen LogP contribution in [-0.4, -0.2) is 18.6 Å². The van der Waals surface area contributed by atoms with E-state index < -0.39 is 10.0 Å². The van der Waals surface area contributed by atoms with Crippen molar-refractivity contribution in [3.8, 4) is 5.75 Å². The standard InChI is InChI=1S/C10H10BrN3O4S/c1-6-13-10(18-14-6)5-17-9-3-2-7(4-8(9)11)19(12,15)16/h2-4H,5H2,1H3,(H2,12,15,16). The summed E-state index contributed by atoms with van der Waals surface area (Å²) >= 11 is 3.21. The molecule has 0 saturated carbocycles. The van der Waals surface area contributed by atoms with Crippen LogP contribution in [0.3, 0.4) is 0 Å². The van der Waals surface area contributed by atoms with E-state index in [0.29, 0.717) is 21.9 Å². The van der Waals surface area contributed by atoms with Crippen LogP contribution in [0.4, 0.5) is 0 Å². The third-order valence-electron chi connectivity index (χ3n) is 2.15. The molecule has 0 bridgehead atoms. The van der Waals surface area contributed by atoms with Crippen LogP contribution in [0.15, 0.2) is 32.1 Å². The molecule has 0 amide bonds. The Hall–Kier alpha value is -1.45. The molecule has 0 saturated heterocycles. The zero-order valence-electron chi connectivity index (χ0n) is 9.83. The molecule has 9 heteroatoms. The number of halogens is 1. The Morgan fingerprint density at radius 2 is 2.21 bits per heavy atom. The largest absolute Gasteiger partial charge is 0.483 e. The summed E-state index contributed by atoms with van der Waals surface area (Å²) in [7, 11) is -3.73. The predicted octanol–water partition coefficient (Wildman–Crippen LogP) is 1.37. The molecule has 0 aliphatic rings. The highest BCUT2D eigenvalue weighted by Gasteiger charge is 2.12. The Morgan fingerprint density at radius 1 is 1.47 bits per heavy atom. The van der Waals surface area contributed by atoms with Gasteiger partial charge in [0.2, 0.25) is 10.0 Å². The summed E-state index contributed by atoms with van der Waals surface area (Å²) in [6.45, 7) is 1.79. The molecular weight excluding hydrogens is 338 g/mol. The zero-order chi connectivity index (χ0) is 14.0. The molecule has 0 aliphatic carbocycles. The van der Waals surface area contributed by atoms with Crippen molar-refractivity contribution in [3.63, 3.8) is 0 Å². The van der Waals surface area contributed by atoms with Gasteiger partial charge in [-0.25, -0.2) is 13.6 Å². The van der Waals surface area contributed by atoms with E-state index in [1.54, 1.807) is 6.92 Å². The molecule has 2 rings (SSSR count). The minimum atomic E-state index is -3.73. The Morgan fingerprint density at radius 3 is 2.74 bits per heavy atom. The third-order valence-corrected chi connectivity index (χ3v) is 3.68. The minimum Gasteiger partial charge on any atom is -0.483 e. The number of nitrogens with two attached hydrogens (primary N) is 1. The summed E-state index contributed by atoms with van der Waals surface area (Å²) in [5.41, 5.74) is 0. The third kappa shape index (κ3) is 3.52. The lowest BCUT2D eigenvalue weighted by atomic mass is 10.3. The first-order valence-corrected chi connectivity index (χ1v) is 7.44. The molecule has 1 heterocycles. The highest BCUT2D eigenvalue weighted by atomic mass is 79.9. The van der Waals surface area contributed by atoms with Crippen LogP contribution in [0.5, 0.6) is 5.75 Å². The number of primary sulfonamides is 1. The number of benzene rings is 1. The normalized spacial score (nSPS) is 11.5. The maximum absolute atomic E-state index is 11.2. The van der Waals surface area contributed by atoms with E-state index >= 15 is 0 Å². The van der Waals surface area contributed by atoms with Crippen molar-refractivity contribution in [2.24, 2.45) is 5.14 Å². The van der Waals surface area contributed by atoms with Crippen molar-refractivity contribution >= 4 is 26.0 Å². The van der Waals surface area contributed by atoms with Crippen molar-refractivity contribution in [1.29, 1.82) is 0 Å². The monoisotopic (exact) mass is 347 g/mol. The molecule has 1 aromatic carbocycles. The Kier molecular flexibility index (Phi) is 3.88. The fraction of sp³-hybridized carbons (Fsp3) is 0.200. The fourth-order valence-electron chi connectivity index (χ4n) is 1.31. The first kappa shape index (κ1) is 14.0. The summed E-state index contributed by atoms with van der Waals surface area (Å²) < 4.78 is 33.1. The van der Waals surface area contributed by atoms with Gasteiger partial charge >= 0.3 is 0 Å². The number of hydrogen-bond acceptors (Lipinski definition) is 6. The maximum atomic E-state index is 11.2. The Balaban J connectivity index is 2.14. The molecule has 0 aliphatic heterocycles. The van der Waals surface area contributed by atoms with Crippen molar-refractivity contribution in [2.45, 2.75) is 18.4 Å². The van der Waals surface area contributed by atoms with Crippen molar-refractivity contribution < 1.29 is 17.7 Å². The van der Waals surface area contributed by atoms with E-state index in [-0.39, 0.29) is 11.5 Å². The smallest absolute Gasteiger partial charge is 0.264 e. The van der Waals surface area contributed by atoms with Gasteiger partial charge in [-0.1, -0.05) is 5.16 Å². The molecule has 0 fully saturated rings. The quantitative estimate of drug-likeness (QED) is 0.894. The average molecular weight is 348 g/mol. The maximum Gasteiger partial charge on any atom is 0.264 e. The average Bonchev–Trinajstić information content (AvgIpc) is 2.72. The minimum absolute atomic E-state index is 0.000333. The Labute approximate surface area is 117 Å². The molecule has 0 unspecified atom stereocenters. The van der Waals surface area contributed by atoms with E-state index in [1.807, 2.05) is 0 Å². The lowest BCUT2D eigenvalue weighted by Crippen LogP contribution is -2.12. The predicted molar refractivity (Wildman–Crippen MR) is 68.9 cm³/mol. The van der Waals surface area contributed by atoms with Crippen LogP contribution in [0.1, 0.15) is 11.7 Å². The Bertz CT molecular complexity index is 699. The second-order valence-electron chi connectivity index (χ2n) is 3.66. The van der Waals surface area contributed by atoms with Crippen molar-refractivity contribution in [1.82, 2.24) is 10.1 Å². The van der Waals surface area contributed by atoms with E-state index in [9.17, 15) is 8.42 Å². The van der Waals surface area contributed by atoms with E-state index in [4.69, 9.17) is 14.4 Å². The van der Waals surface area contributed by atoms with Crippen LogP contribution in [-0.2, 0) is 16.6 Å². The SMILES string of the molecule is Cc1noc(COc2ccc(S(N)(=O)=O)cc2Br)n1. The van der Waals surface area contributed by atoms with Crippen LogP contribution in [0.2, 0.25) is 0 Å². The van der Waals surface area contributed by atoms with Crippen molar-refractivity contribution in [3.05, 3.63) is 34.4 Å². The highest BCUT2D eigenvalue weighted by molar-refractivity contribution is 9.10. The highest BCUT2D eigenvalue weighted by Crippen LogP contribution is 2.27. The van der Waals surface area contributed by atoms with E-state index in [1.165, 1.54) is 18.2 Å². The molecule has 0 atom stereocenters. The first-order chi connectivity index (χ1) is 8.86. The second kappa shape index (κ2) is 5.27. The van der Waals surface area contributed by atoms with Gasteiger partial charge in [-0.2, -0.15) is 4.98 Å². The molecule has 7 nitrogen and oxygen atoms in total. The molecule has 102 valence electrons. The number of ether oxygens (including phenoxy) is 1. The van der Waals surface area contributed by atoms with E-state index in [2.05, 4.69) is 26.1 Å². The van der Waals surface area contributed by atoms with Gasteiger partial charge in [0.05, 0.1) is 9.37 Å². The lowest BCUT2D eigenvalue weighted by Gasteiger charge is -2.07. The summed E-state index contributed by atoms with van der Waals surface area (Å²) in [6, 6.07) is 4.21. The summed E-state index contributed by atoms with van der Waals surface area (Å²) in [5, 5.41) is 8.64. The van der Waals surface area contributed by atoms with Gasteiger partial charge in [0.15, 0.2) is 12.4 Å².